The Labute approximate surface area is 142 Å². The number of nitrogens with one attached hydrogen (secondary N) is 1. The molecular formula is C16H19BrF2N2O2. The number of anilines is 1. The van der Waals surface area contributed by atoms with Gasteiger partial charge >= 0.3 is 5.97 Å². The summed E-state index contributed by atoms with van der Waals surface area (Å²) in [6.45, 7) is 0. The quantitative estimate of drug-likeness (QED) is 0.629. The lowest BCUT2D eigenvalue weighted by atomic mass is 9.71. The van der Waals surface area contributed by atoms with Gasteiger partial charge in [-0.15, -0.1) is 0 Å². The molecule has 4 atom stereocenters. The number of methoxy groups -OCH3 is 1. The normalized spacial score (nSPS) is 29.9. The Hall–Kier alpha value is -1.24. The Kier molecular flexibility index (Phi) is 4.85. The van der Waals surface area contributed by atoms with E-state index in [9.17, 15) is 13.6 Å². The number of ether oxygens (including phenoxy) is 1. The lowest BCUT2D eigenvalue weighted by Crippen LogP contribution is -2.47. The number of pyridine rings is 1. The largest absolute Gasteiger partial charge is 0.469 e. The van der Waals surface area contributed by atoms with Crippen LogP contribution in [-0.2, 0) is 9.53 Å². The van der Waals surface area contributed by atoms with Gasteiger partial charge in [-0.1, -0.05) is 6.42 Å². The van der Waals surface area contributed by atoms with E-state index in [0.717, 1.165) is 38.2 Å². The fourth-order valence-corrected chi connectivity index (χ4v) is 4.34. The molecule has 23 heavy (non-hydrogen) atoms. The van der Waals surface area contributed by atoms with E-state index < -0.39 is 11.6 Å². The third-order valence-electron chi connectivity index (χ3n) is 5.12. The van der Waals surface area contributed by atoms with Crippen molar-refractivity contribution in [3.63, 3.8) is 0 Å². The van der Waals surface area contributed by atoms with E-state index in [4.69, 9.17) is 4.74 Å². The summed E-state index contributed by atoms with van der Waals surface area (Å²) in [4.78, 5) is 16.2. The lowest BCUT2D eigenvalue weighted by molar-refractivity contribution is -0.149. The lowest BCUT2D eigenvalue weighted by Gasteiger charge is -2.39. The topological polar surface area (TPSA) is 51.2 Å². The average Bonchev–Trinajstić information content (AvgIpc) is 2.86. The zero-order valence-corrected chi connectivity index (χ0v) is 14.4. The molecule has 1 N–H and O–H groups in total. The van der Waals surface area contributed by atoms with Gasteiger partial charge in [0.2, 0.25) is 0 Å². The summed E-state index contributed by atoms with van der Waals surface area (Å²) in [7, 11) is 1.38. The van der Waals surface area contributed by atoms with E-state index in [-0.39, 0.29) is 40.2 Å². The highest BCUT2D eigenvalue weighted by Crippen LogP contribution is 2.44. The van der Waals surface area contributed by atoms with Crippen molar-refractivity contribution in [2.24, 2.45) is 17.8 Å². The molecule has 1 aromatic rings. The van der Waals surface area contributed by atoms with Crippen LogP contribution in [0, 0.1) is 29.4 Å². The van der Waals surface area contributed by atoms with Gasteiger partial charge in [-0.3, -0.25) is 4.79 Å². The van der Waals surface area contributed by atoms with Crippen LogP contribution in [-0.4, -0.2) is 24.1 Å². The van der Waals surface area contributed by atoms with Crippen molar-refractivity contribution in [1.29, 1.82) is 0 Å². The van der Waals surface area contributed by atoms with Gasteiger partial charge < -0.3 is 10.1 Å². The number of nitrogens with zero attached hydrogens (tertiary/aromatic N) is 1. The number of carbonyl (C=O) groups is 1. The SMILES string of the molecule is COC(=O)C1C2CCCC(CC2)C1Nc1nc(Br)c(F)cc1F. The maximum atomic E-state index is 14.0. The van der Waals surface area contributed by atoms with E-state index in [2.05, 4.69) is 26.2 Å². The molecule has 0 saturated heterocycles. The molecule has 4 unspecified atom stereocenters. The summed E-state index contributed by atoms with van der Waals surface area (Å²) < 4.78 is 32.3. The van der Waals surface area contributed by atoms with Crippen LogP contribution in [0.2, 0.25) is 0 Å². The maximum Gasteiger partial charge on any atom is 0.311 e. The first-order valence-electron chi connectivity index (χ1n) is 7.87. The molecule has 0 radical (unpaired) electrons. The van der Waals surface area contributed by atoms with E-state index >= 15 is 0 Å². The molecule has 0 aliphatic heterocycles. The standard InChI is InChI=1S/C16H19BrF2N2O2/c1-23-16(22)12-8-3-2-4-9(6-5-8)13(12)20-15-11(19)7-10(18)14(17)21-15/h7-9,12-13H,2-6H2,1H3,(H,20,21). The highest BCUT2D eigenvalue weighted by molar-refractivity contribution is 9.10. The molecule has 2 bridgehead atoms. The fourth-order valence-electron chi connectivity index (χ4n) is 4.05. The van der Waals surface area contributed by atoms with Crippen LogP contribution in [0.1, 0.15) is 32.1 Å². The monoisotopic (exact) mass is 388 g/mol. The molecule has 126 valence electrons. The Bertz CT molecular complexity index is 610. The van der Waals surface area contributed by atoms with E-state index in [1.165, 1.54) is 7.11 Å². The van der Waals surface area contributed by atoms with E-state index in [0.29, 0.717) is 0 Å². The van der Waals surface area contributed by atoms with E-state index in [1.54, 1.807) is 0 Å². The van der Waals surface area contributed by atoms with Crippen LogP contribution in [0.25, 0.3) is 0 Å². The zero-order valence-electron chi connectivity index (χ0n) is 12.8. The van der Waals surface area contributed by atoms with Gasteiger partial charge in [0.1, 0.15) is 4.60 Å². The van der Waals surface area contributed by atoms with Gasteiger partial charge in [0.05, 0.1) is 13.0 Å². The highest BCUT2D eigenvalue weighted by atomic mass is 79.9. The summed E-state index contributed by atoms with van der Waals surface area (Å²) in [6, 6.07) is 0.560. The van der Waals surface area contributed by atoms with Crippen molar-refractivity contribution in [1.82, 2.24) is 4.98 Å². The van der Waals surface area contributed by atoms with Crippen LogP contribution in [0.3, 0.4) is 0 Å². The summed E-state index contributed by atoms with van der Waals surface area (Å²) in [5.41, 5.74) is 0. The number of hydrogen-bond acceptors (Lipinski definition) is 4. The Balaban J connectivity index is 1.92. The predicted molar refractivity (Wildman–Crippen MR) is 84.8 cm³/mol. The molecule has 0 spiro atoms. The van der Waals surface area contributed by atoms with Gasteiger partial charge in [-0.2, -0.15) is 0 Å². The van der Waals surface area contributed by atoms with Crippen molar-refractivity contribution in [2.45, 2.75) is 38.1 Å². The van der Waals surface area contributed by atoms with Crippen LogP contribution in [0.4, 0.5) is 14.6 Å². The number of fused-ring (bicyclic) bond motifs is 4. The summed E-state index contributed by atoms with van der Waals surface area (Å²) in [5, 5.41) is 3.07. The van der Waals surface area contributed by atoms with Crippen LogP contribution < -0.4 is 5.32 Å². The van der Waals surface area contributed by atoms with Gasteiger partial charge in [0.25, 0.3) is 0 Å². The maximum absolute atomic E-state index is 14.0. The molecule has 0 amide bonds. The summed E-state index contributed by atoms with van der Waals surface area (Å²) in [6.07, 6.45) is 5.03. The molecule has 3 fully saturated rings. The Morgan fingerprint density at radius 3 is 2.70 bits per heavy atom. The van der Waals surface area contributed by atoms with Crippen LogP contribution in [0.5, 0.6) is 0 Å². The zero-order chi connectivity index (χ0) is 16.6. The number of rotatable bonds is 3. The molecule has 4 rings (SSSR count). The van der Waals surface area contributed by atoms with Crippen molar-refractivity contribution in [3.05, 3.63) is 22.3 Å². The average molecular weight is 389 g/mol. The number of hydrogen-bond donors (Lipinski definition) is 1. The minimum atomic E-state index is -0.755. The highest BCUT2D eigenvalue weighted by Gasteiger charge is 2.46. The number of esters is 1. The second kappa shape index (κ2) is 6.71. The first-order chi connectivity index (χ1) is 11.0. The fraction of sp³-hybridized carbons (Fsp3) is 0.625. The molecule has 3 aliphatic rings. The number of aromatic nitrogens is 1. The van der Waals surface area contributed by atoms with Crippen molar-refractivity contribution >= 4 is 27.7 Å². The smallest absolute Gasteiger partial charge is 0.311 e. The van der Waals surface area contributed by atoms with Gasteiger partial charge in [-0.25, -0.2) is 13.8 Å². The molecule has 7 heteroatoms. The first kappa shape index (κ1) is 16.6. The van der Waals surface area contributed by atoms with Gasteiger partial charge in [0, 0.05) is 12.1 Å². The van der Waals surface area contributed by atoms with Gasteiger partial charge in [-0.05, 0) is 53.4 Å². The second-order valence-electron chi connectivity index (χ2n) is 6.34. The molecular weight excluding hydrogens is 370 g/mol. The molecule has 1 heterocycles. The number of carbonyl (C=O) groups excluding carboxylic acids is 1. The second-order valence-corrected chi connectivity index (χ2v) is 7.09. The third-order valence-corrected chi connectivity index (χ3v) is 5.68. The molecule has 3 saturated carbocycles. The molecule has 1 aromatic heterocycles. The van der Waals surface area contributed by atoms with Crippen molar-refractivity contribution in [3.8, 4) is 0 Å². The van der Waals surface area contributed by atoms with Crippen molar-refractivity contribution in [2.75, 3.05) is 12.4 Å². The first-order valence-corrected chi connectivity index (χ1v) is 8.66. The van der Waals surface area contributed by atoms with Crippen molar-refractivity contribution < 1.29 is 18.3 Å². The molecule has 3 aliphatic carbocycles. The van der Waals surface area contributed by atoms with Crippen LogP contribution >= 0.6 is 15.9 Å². The summed E-state index contributed by atoms with van der Waals surface area (Å²) >= 11 is 2.97. The van der Waals surface area contributed by atoms with Crippen LogP contribution in [0.15, 0.2) is 10.7 Å². The minimum Gasteiger partial charge on any atom is -0.469 e. The minimum absolute atomic E-state index is 0.0234. The van der Waals surface area contributed by atoms with E-state index in [1.807, 2.05) is 0 Å². The summed E-state index contributed by atoms with van der Waals surface area (Å²) in [5.74, 6) is -1.60. The Morgan fingerprint density at radius 1 is 1.26 bits per heavy atom. The Morgan fingerprint density at radius 2 is 1.96 bits per heavy atom. The number of halogens is 3. The predicted octanol–water partition coefficient (Wildman–Crippen LogP) is 3.90. The third kappa shape index (κ3) is 3.20. The molecule has 4 nitrogen and oxygen atoms in total. The molecule has 0 aromatic carbocycles. The van der Waals surface area contributed by atoms with Gasteiger partial charge in [0.15, 0.2) is 17.5 Å².